The summed E-state index contributed by atoms with van der Waals surface area (Å²) in [6.07, 6.45) is 5.15. The number of benzene rings is 1. The number of imidazole rings is 1. The van der Waals surface area contributed by atoms with E-state index in [4.69, 9.17) is 4.74 Å². The predicted molar refractivity (Wildman–Crippen MR) is 84.7 cm³/mol. The van der Waals surface area contributed by atoms with Gasteiger partial charge in [-0.2, -0.15) is 0 Å². The maximum Gasteiger partial charge on any atom is 0.137 e. The lowest BCUT2D eigenvalue weighted by Gasteiger charge is -2.10. The molecule has 0 bridgehead atoms. The van der Waals surface area contributed by atoms with Crippen LogP contribution in [0.5, 0.6) is 5.75 Å². The van der Waals surface area contributed by atoms with E-state index in [9.17, 15) is 0 Å². The number of aromatic nitrogens is 2. The maximum absolute atomic E-state index is 5.81. The molecule has 0 N–H and O–H groups in total. The Hall–Kier alpha value is -2.29. The minimum absolute atomic E-state index is 0.490. The Morgan fingerprint density at radius 3 is 2.67 bits per heavy atom. The molecule has 0 saturated carbocycles. The number of hydrogen-bond donors (Lipinski definition) is 0. The largest absolute Gasteiger partial charge is 0.487 e. The summed E-state index contributed by atoms with van der Waals surface area (Å²) in [6.45, 7) is 4.94. The van der Waals surface area contributed by atoms with E-state index in [0.29, 0.717) is 12.5 Å². The highest BCUT2D eigenvalue weighted by atomic mass is 16.5. The number of hydrogen-bond acceptors (Lipinski definition) is 2. The SMILES string of the molecule is CCC(C)c1ccc(OCc2cn3ccccc3n2)cc1. The Labute approximate surface area is 125 Å². The molecular formula is C18H20N2O. The third kappa shape index (κ3) is 3.07. The first-order valence-electron chi connectivity index (χ1n) is 7.41. The first-order valence-corrected chi connectivity index (χ1v) is 7.41. The van der Waals surface area contributed by atoms with Gasteiger partial charge in [-0.15, -0.1) is 0 Å². The van der Waals surface area contributed by atoms with Crippen LogP contribution in [0.25, 0.3) is 5.65 Å². The molecule has 3 rings (SSSR count). The minimum Gasteiger partial charge on any atom is -0.487 e. The van der Waals surface area contributed by atoms with E-state index in [2.05, 4.69) is 31.0 Å². The van der Waals surface area contributed by atoms with E-state index in [1.807, 2.05) is 47.1 Å². The number of fused-ring (bicyclic) bond motifs is 1. The maximum atomic E-state index is 5.81. The molecule has 3 aromatic rings. The Morgan fingerprint density at radius 2 is 1.95 bits per heavy atom. The third-order valence-electron chi connectivity index (χ3n) is 3.86. The van der Waals surface area contributed by atoms with Gasteiger partial charge in [0.1, 0.15) is 18.0 Å². The highest BCUT2D eigenvalue weighted by molar-refractivity contribution is 5.39. The van der Waals surface area contributed by atoms with Crippen molar-refractivity contribution in [3.63, 3.8) is 0 Å². The van der Waals surface area contributed by atoms with Crippen LogP contribution in [0.1, 0.15) is 37.4 Å². The zero-order valence-electron chi connectivity index (χ0n) is 12.5. The Bertz CT molecular complexity index is 682. The summed E-state index contributed by atoms with van der Waals surface area (Å²) < 4.78 is 7.82. The van der Waals surface area contributed by atoms with E-state index in [-0.39, 0.29) is 0 Å². The molecular weight excluding hydrogens is 260 g/mol. The van der Waals surface area contributed by atoms with Crippen LogP contribution >= 0.6 is 0 Å². The highest BCUT2D eigenvalue weighted by Crippen LogP contribution is 2.22. The van der Waals surface area contributed by atoms with Crippen molar-refractivity contribution in [3.05, 3.63) is 66.1 Å². The quantitative estimate of drug-likeness (QED) is 0.691. The molecule has 1 unspecified atom stereocenters. The zero-order valence-corrected chi connectivity index (χ0v) is 12.5. The van der Waals surface area contributed by atoms with Gasteiger partial charge in [-0.3, -0.25) is 0 Å². The van der Waals surface area contributed by atoms with Crippen molar-refractivity contribution >= 4 is 5.65 Å². The number of ether oxygens (including phenoxy) is 1. The normalized spacial score (nSPS) is 12.5. The Balaban J connectivity index is 1.67. The molecule has 3 nitrogen and oxygen atoms in total. The van der Waals surface area contributed by atoms with Gasteiger partial charge in [0.05, 0.1) is 5.69 Å². The van der Waals surface area contributed by atoms with Gasteiger partial charge in [0.15, 0.2) is 0 Å². The van der Waals surface area contributed by atoms with Crippen molar-refractivity contribution < 1.29 is 4.74 Å². The van der Waals surface area contributed by atoms with Crippen LogP contribution in [0.2, 0.25) is 0 Å². The molecule has 2 heterocycles. The molecule has 0 fully saturated rings. The molecule has 1 aromatic carbocycles. The molecule has 3 heteroatoms. The third-order valence-corrected chi connectivity index (χ3v) is 3.86. The summed E-state index contributed by atoms with van der Waals surface area (Å²) in [5.41, 5.74) is 3.24. The van der Waals surface area contributed by atoms with E-state index in [0.717, 1.165) is 23.5 Å². The fraction of sp³-hybridized carbons (Fsp3) is 0.278. The van der Waals surface area contributed by atoms with Gasteiger partial charge in [0, 0.05) is 12.4 Å². The van der Waals surface area contributed by atoms with Crippen molar-refractivity contribution in [2.24, 2.45) is 0 Å². The molecule has 0 radical (unpaired) electrons. The van der Waals surface area contributed by atoms with Gasteiger partial charge < -0.3 is 9.14 Å². The van der Waals surface area contributed by atoms with Crippen LogP contribution in [0.4, 0.5) is 0 Å². The van der Waals surface area contributed by atoms with Gasteiger partial charge >= 0.3 is 0 Å². The van der Waals surface area contributed by atoms with Crippen LogP contribution in [0.15, 0.2) is 54.9 Å². The van der Waals surface area contributed by atoms with Crippen LogP contribution in [0, 0.1) is 0 Å². The van der Waals surface area contributed by atoms with Gasteiger partial charge in [-0.05, 0) is 42.2 Å². The smallest absolute Gasteiger partial charge is 0.137 e. The van der Waals surface area contributed by atoms with Crippen LogP contribution in [-0.4, -0.2) is 9.38 Å². The second-order valence-electron chi connectivity index (χ2n) is 5.37. The average Bonchev–Trinajstić information content (AvgIpc) is 2.95. The standard InChI is InChI=1S/C18H20N2O/c1-3-14(2)15-7-9-17(10-8-15)21-13-16-12-20-11-5-4-6-18(20)19-16/h4-12,14H,3,13H2,1-2H3. The lowest BCUT2D eigenvalue weighted by Crippen LogP contribution is -1.96. The van der Waals surface area contributed by atoms with Gasteiger partial charge in [0.25, 0.3) is 0 Å². The minimum atomic E-state index is 0.490. The monoisotopic (exact) mass is 280 g/mol. The van der Waals surface area contributed by atoms with E-state index in [1.54, 1.807) is 0 Å². The molecule has 0 aliphatic heterocycles. The fourth-order valence-electron chi connectivity index (χ4n) is 2.34. The van der Waals surface area contributed by atoms with Gasteiger partial charge in [0.2, 0.25) is 0 Å². The zero-order chi connectivity index (χ0) is 14.7. The lowest BCUT2D eigenvalue weighted by atomic mass is 9.99. The molecule has 108 valence electrons. The van der Waals surface area contributed by atoms with Gasteiger partial charge in [-0.25, -0.2) is 4.98 Å². The van der Waals surface area contributed by atoms with Crippen molar-refractivity contribution in [2.75, 3.05) is 0 Å². The summed E-state index contributed by atoms with van der Waals surface area (Å²) in [4.78, 5) is 4.52. The van der Waals surface area contributed by atoms with Crippen molar-refractivity contribution in [1.82, 2.24) is 9.38 Å². The number of pyridine rings is 1. The summed E-state index contributed by atoms with van der Waals surface area (Å²) in [7, 11) is 0. The fourth-order valence-corrected chi connectivity index (χ4v) is 2.34. The molecule has 2 aromatic heterocycles. The molecule has 21 heavy (non-hydrogen) atoms. The Kier molecular flexibility index (Phi) is 3.91. The average molecular weight is 280 g/mol. The lowest BCUT2D eigenvalue weighted by molar-refractivity contribution is 0.302. The molecule has 0 amide bonds. The second kappa shape index (κ2) is 6.00. The predicted octanol–water partition coefficient (Wildman–Crippen LogP) is 4.43. The summed E-state index contributed by atoms with van der Waals surface area (Å²) in [5, 5.41) is 0. The highest BCUT2D eigenvalue weighted by Gasteiger charge is 2.04. The van der Waals surface area contributed by atoms with Crippen LogP contribution in [-0.2, 0) is 6.61 Å². The van der Waals surface area contributed by atoms with E-state index < -0.39 is 0 Å². The van der Waals surface area contributed by atoms with Crippen molar-refractivity contribution in [1.29, 1.82) is 0 Å². The molecule has 0 aliphatic rings. The first-order chi connectivity index (χ1) is 10.3. The van der Waals surface area contributed by atoms with Crippen LogP contribution in [0.3, 0.4) is 0 Å². The number of rotatable bonds is 5. The van der Waals surface area contributed by atoms with E-state index >= 15 is 0 Å². The number of nitrogens with zero attached hydrogens (tertiary/aromatic N) is 2. The molecule has 0 spiro atoms. The summed E-state index contributed by atoms with van der Waals surface area (Å²) in [6, 6.07) is 14.3. The molecule has 0 aliphatic carbocycles. The van der Waals surface area contributed by atoms with E-state index in [1.165, 1.54) is 5.56 Å². The summed E-state index contributed by atoms with van der Waals surface area (Å²) in [5.74, 6) is 1.48. The Morgan fingerprint density at radius 1 is 1.14 bits per heavy atom. The topological polar surface area (TPSA) is 26.5 Å². The molecule has 0 saturated heterocycles. The van der Waals surface area contributed by atoms with Gasteiger partial charge in [-0.1, -0.05) is 32.0 Å². The van der Waals surface area contributed by atoms with Crippen LogP contribution < -0.4 is 4.74 Å². The van der Waals surface area contributed by atoms with Crippen molar-refractivity contribution in [2.45, 2.75) is 32.8 Å². The second-order valence-corrected chi connectivity index (χ2v) is 5.37. The first kappa shape index (κ1) is 13.7. The van der Waals surface area contributed by atoms with Crippen molar-refractivity contribution in [3.8, 4) is 5.75 Å². The summed E-state index contributed by atoms with van der Waals surface area (Å²) >= 11 is 0. The molecule has 1 atom stereocenters.